The first-order valence-corrected chi connectivity index (χ1v) is 18.5. The molecule has 260 valence electrons. The van der Waals surface area contributed by atoms with Gasteiger partial charge in [-0.05, 0) is 88.9 Å². The van der Waals surface area contributed by atoms with E-state index in [4.69, 9.17) is 4.74 Å². The van der Waals surface area contributed by atoms with Crippen molar-refractivity contribution in [3.8, 4) is 6.07 Å². The number of carbonyl (C=O) groups is 2. The highest BCUT2D eigenvalue weighted by Gasteiger charge is 2.29. The molecule has 3 aromatic rings. The average Bonchev–Trinajstić information content (AvgIpc) is 3.04. The molecule has 5 rings (SSSR count). The third-order valence-corrected chi connectivity index (χ3v) is 10.6. The predicted octanol–water partition coefficient (Wildman–Crippen LogP) is 6.75. The molecule has 0 radical (unpaired) electrons. The number of carbonyl (C=O) groups excluding carboxylic acids is 2. The monoisotopic (exact) mass is 688 g/mol. The highest BCUT2D eigenvalue weighted by molar-refractivity contribution is 7.93. The van der Waals surface area contributed by atoms with E-state index in [0.717, 1.165) is 48.4 Å². The fraction of sp³-hybridized carbons (Fsp3) is 0.432. The zero-order chi connectivity index (χ0) is 35.5. The molecule has 1 N–H and O–H groups in total. The van der Waals surface area contributed by atoms with E-state index in [1.807, 2.05) is 55.1 Å². The van der Waals surface area contributed by atoms with Crippen molar-refractivity contribution in [1.82, 2.24) is 4.90 Å². The standard InChI is InChI=1S/C37H45FN6O4S/c1-25-22-26(2)31(40-28-14-16-42(17-15-28)32-12-8-7-10-27(32)24-39)23-29(25)35(45)44-20-18-43(19-21-44)33-13-9-11-30(38)34(33)49(6,47)41-36(46)48-37(3,4)5/h7-13,22-23,28,40H,14-21H2,1-6H3. The van der Waals surface area contributed by atoms with Crippen LogP contribution in [0, 0.1) is 31.0 Å². The molecule has 2 saturated heterocycles. The quantitative estimate of drug-likeness (QED) is 0.302. The fourth-order valence-corrected chi connectivity index (χ4v) is 7.91. The summed E-state index contributed by atoms with van der Waals surface area (Å²) in [6.07, 6.45) is 2.02. The molecule has 2 aliphatic rings. The van der Waals surface area contributed by atoms with Crippen LogP contribution in [0.5, 0.6) is 0 Å². The summed E-state index contributed by atoms with van der Waals surface area (Å²) in [5.41, 5.74) is 4.70. The molecule has 1 atom stereocenters. The van der Waals surface area contributed by atoms with Gasteiger partial charge in [0.05, 0.1) is 26.7 Å². The van der Waals surface area contributed by atoms with Crippen molar-refractivity contribution < 1.29 is 22.9 Å². The van der Waals surface area contributed by atoms with E-state index in [9.17, 15) is 19.1 Å². The number of nitriles is 1. The number of hydrogen-bond donors (Lipinski definition) is 1. The number of aryl methyl sites for hydroxylation is 2. The molecule has 0 spiro atoms. The Morgan fingerprint density at radius 1 is 0.939 bits per heavy atom. The summed E-state index contributed by atoms with van der Waals surface area (Å²) in [6.45, 7) is 12.2. The zero-order valence-corrected chi connectivity index (χ0v) is 29.9. The number of benzene rings is 3. The summed E-state index contributed by atoms with van der Waals surface area (Å²) in [6, 6.07) is 18.6. The smallest absolute Gasteiger partial charge is 0.442 e. The van der Waals surface area contributed by atoms with Gasteiger partial charge in [-0.15, -0.1) is 4.36 Å². The Morgan fingerprint density at radius 2 is 1.57 bits per heavy atom. The SMILES string of the molecule is Cc1cc(C)c(C(=O)N2CCN(c3cccc(F)c3S(C)(=O)=NC(=O)OC(C)(C)C)CC2)cc1NC1CCN(c2ccccc2C#N)CC1. The first-order chi connectivity index (χ1) is 23.2. The lowest BCUT2D eigenvalue weighted by Gasteiger charge is -2.37. The molecule has 10 nitrogen and oxygen atoms in total. The minimum atomic E-state index is -3.48. The van der Waals surface area contributed by atoms with Gasteiger partial charge in [-0.25, -0.2) is 13.4 Å². The Hall–Kier alpha value is -4.63. The zero-order valence-electron chi connectivity index (χ0n) is 29.1. The third-order valence-electron chi connectivity index (χ3n) is 8.90. The molecular weight excluding hydrogens is 644 g/mol. The first kappa shape index (κ1) is 35.7. The lowest BCUT2D eigenvalue weighted by Crippen LogP contribution is -2.49. The summed E-state index contributed by atoms with van der Waals surface area (Å²) >= 11 is 0. The van der Waals surface area contributed by atoms with Gasteiger partial charge in [0, 0.05) is 62.8 Å². The second-order valence-electron chi connectivity index (χ2n) is 13.8. The number of hydrogen-bond acceptors (Lipinski definition) is 8. The van der Waals surface area contributed by atoms with Gasteiger partial charge in [0.2, 0.25) is 0 Å². The van der Waals surface area contributed by atoms with Gasteiger partial charge < -0.3 is 24.8 Å². The van der Waals surface area contributed by atoms with Crippen molar-refractivity contribution in [2.24, 2.45) is 4.36 Å². The molecule has 3 aromatic carbocycles. The molecule has 2 heterocycles. The lowest BCUT2D eigenvalue weighted by molar-refractivity contribution is 0.0607. The predicted molar refractivity (Wildman–Crippen MR) is 191 cm³/mol. The molecule has 2 aliphatic heterocycles. The molecule has 0 bridgehead atoms. The van der Waals surface area contributed by atoms with E-state index in [1.54, 1.807) is 31.7 Å². The maximum Gasteiger partial charge on any atom is 0.442 e. The minimum absolute atomic E-state index is 0.0817. The number of anilines is 3. The van der Waals surface area contributed by atoms with Crippen LogP contribution in [-0.4, -0.2) is 78.3 Å². The number of piperidine rings is 1. The molecule has 0 saturated carbocycles. The lowest BCUT2D eigenvalue weighted by atomic mass is 9.99. The Morgan fingerprint density at radius 3 is 2.22 bits per heavy atom. The number of rotatable bonds is 6. The number of nitrogens with zero attached hydrogens (tertiary/aromatic N) is 5. The molecule has 2 fully saturated rings. The maximum atomic E-state index is 15.2. The van der Waals surface area contributed by atoms with Crippen molar-refractivity contribution in [2.75, 3.05) is 60.6 Å². The van der Waals surface area contributed by atoms with E-state index >= 15 is 4.39 Å². The third kappa shape index (κ3) is 8.33. The fourth-order valence-electron chi connectivity index (χ4n) is 6.48. The van der Waals surface area contributed by atoms with Crippen LogP contribution >= 0.6 is 0 Å². The van der Waals surface area contributed by atoms with Gasteiger partial charge >= 0.3 is 6.09 Å². The van der Waals surface area contributed by atoms with Crippen molar-refractivity contribution in [2.45, 2.75) is 64.0 Å². The number of piperazine rings is 1. The normalized spacial score (nSPS) is 16.8. The summed E-state index contributed by atoms with van der Waals surface area (Å²) < 4.78 is 37.9. The van der Waals surface area contributed by atoms with Crippen LogP contribution in [0.1, 0.15) is 60.7 Å². The Balaban J connectivity index is 1.26. The van der Waals surface area contributed by atoms with Crippen LogP contribution in [0.2, 0.25) is 0 Å². The van der Waals surface area contributed by atoms with Gasteiger partial charge in [0.25, 0.3) is 5.91 Å². The molecule has 12 heteroatoms. The second kappa shape index (κ2) is 14.5. The Kier molecular flexibility index (Phi) is 10.5. The summed E-state index contributed by atoms with van der Waals surface area (Å²) in [5.74, 6) is -0.800. The molecule has 2 amide bonds. The van der Waals surface area contributed by atoms with Gasteiger partial charge in [0.1, 0.15) is 22.4 Å². The van der Waals surface area contributed by atoms with Crippen LogP contribution in [0.25, 0.3) is 0 Å². The van der Waals surface area contributed by atoms with Gasteiger partial charge in [-0.2, -0.15) is 5.26 Å². The number of ether oxygens (including phenoxy) is 1. The summed E-state index contributed by atoms with van der Waals surface area (Å²) in [4.78, 5) is 32.1. The number of nitrogens with one attached hydrogen (secondary N) is 1. The van der Waals surface area contributed by atoms with E-state index in [0.29, 0.717) is 43.0 Å². The van der Waals surface area contributed by atoms with Crippen molar-refractivity contribution in [3.05, 3.63) is 82.7 Å². The van der Waals surface area contributed by atoms with Gasteiger partial charge in [0.15, 0.2) is 0 Å². The molecule has 0 aromatic heterocycles. The van der Waals surface area contributed by atoms with Crippen LogP contribution in [0.3, 0.4) is 0 Å². The topological polar surface area (TPSA) is 118 Å². The molecule has 0 aliphatic carbocycles. The Bertz CT molecular complexity index is 1890. The van der Waals surface area contributed by atoms with E-state index in [1.165, 1.54) is 18.4 Å². The summed E-state index contributed by atoms with van der Waals surface area (Å²) in [5, 5.41) is 13.2. The Labute approximate surface area is 289 Å². The van der Waals surface area contributed by atoms with E-state index in [-0.39, 0.29) is 16.8 Å². The van der Waals surface area contributed by atoms with Crippen LogP contribution in [-0.2, 0) is 14.5 Å². The largest absolute Gasteiger partial charge is 0.442 e. The van der Waals surface area contributed by atoms with Crippen molar-refractivity contribution in [3.63, 3.8) is 0 Å². The van der Waals surface area contributed by atoms with Crippen molar-refractivity contribution in [1.29, 1.82) is 5.26 Å². The number of para-hydroxylation sites is 1. The highest BCUT2D eigenvalue weighted by Crippen LogP contribution is 2.32. The van der Waals surface area contributed by atoms with E-state index < -0.39 is 27.2 Å². The highest BCUT2D eigenvalue weighted by atomic mass is 32.2. The molecular formula is C37H45FN6O4S. The maximum absolute atomic E-state index is 15.2. The molecule has 1 unspecified atom stereocenters. The van der Waals surface area contributed by atoms with Crippen molar-refractivity contribution >= 4 is 38.8 Å². The first-order valence-electron chi connectivity index (χ1n) is 16.6. The van der Waals surface area contributed by atoms with E-state index in [2.05, 4.69) is 20.6 Å². The van der Waals surface area contributed by atoms with Crippen LogP contribution < -0.4 is 15.1 Å². The van der Waals surface area contributed by atoms with Gasteiger partial charge in [-0.1, -0.05) is 24.3 Å². The number of amides is 2. The minimum Gasteiger partial charge on any atom is -0.442 e. The van der Waals surface area contributed by atoms with Gasteiger partial charge in [-0.3, -0.25) is 4.79 Å². The molecule has 49 heavy (non-hydrogen) atoms. The van der Waals surface area contributed by atoms with Crippen LogP contribution in [0.4, 0.5) is 26.2 Å². The number of halogens is 1. The summed E-state index contributed by atoms with van der Waals surface area (Å²) in [7, 11) is -3.48. The van der Waals surface area contributed by atoms with Crippen LogP contribution in [0.15, 0.2) is 63.9 Å². The average molecular weight is 689 g/mol. The second-order valence-corrected chi connectivity index (χ2v) is 16.0.